The van der Waals surface area contributed by atoms with Crippen molar-refractivity contribution in [2.75, 3.05) is 13.1 Å². The van der Waals surface area contributed by atoms with Gasteiger partial charge in [0.15, 0.2) is 0 Å². The van der Waals surface area contributed by atoms with Gasteiger partial charge in [-0.25, -0.2) is 0 Å². The monoisotopic (exact) mass is 246 g/mol. The van der Waals surface area contributed by atoms with Crippen LogP contribution in [0.1, 0.15) is 11.3 Å². The molecule has 1 aliphatic rings. The van der Waals surface area contributed by atoms with Gasteiger partial charge in [0, 0.05) is 24.0 Å². The van der Waals surface area contributed by atoms with Crippen LogP contribution < -0.4 is 5.73 Å². The number of thiophene rings is 1. The minimum absolute atomic E-state index is 0. The van der Waals surface area contributed by atoms with Gasteiger partial charge in [-0.15, -0.1) is 23.7 Å². The topological polar surface area (TPSA) is 46.3 Å². The SMILES string of the molecule is Cl.N[C@H]1CCN(C(=O)Cc2cccs2)C1. The molecule has 84 valence electrons. The van der Waals surface area contributed by atoms with Crippen LogP contribution in [0.25, 0.3) is 0 Å². The molecule has 1 aliphatic heterocycles. The molecule has 0 aromatic carbocycles. The van der Waals surface area contributed by atoms with Crippen LogP contribution in [0.15, 0.2) is 17.5 Å². The average molecular weight is 247 g/mol. The largest absolute Gasteiger partial charge is 0.341 e. The van der Waals surface area contributed by atoms with Crippen molar-refractivity contribution in [3.8, 4) is 0 Å². The maximum atomic E-state index is 11.7. The second-order valence-electron chi connectivity index (χ2n) is 3.64. The molecule has 0 bridgehead atoms. The van der Waals surface area contributed by atoms with Crippen LogP contribution in [-0.4, -0.2) is 29.9 Å². The molecule has 1 fully saturated rings. The minimum atomic E-state index is 0. The molecule has 2 heterocycles. The highest BCUT2D eigenvalue weighted by atomic mass is 35.5. The van der Waals surface area contributed by atoms with Crippen molar-refractivity contribution in [1.82, 2.24) is 4.90 Å². The summed E-state index contributed by atoms with van der Waals surface area (Å²) in [4.78, 5) is 14.7. The Morgan fingerprint density at radius 3 is 3.00 bits per heavy atom. The standard InChI is InChI=1S/C10H14N2OS.ClH/c11-8-3-4-12(7-8)10(13)6-9-2-1-5-14-9;/h1-2,5,8H,3-4,6-7,11H2;1H/t8-;/m0./s1. The predicted octanol–water partition coefficient (Wildman–Crippen LogP) is 1.27. The number of hydrogen-bond donors (Lipinski definition) is 1. The Bertz CT molecular complexity index is 315. The van der Waals surface area contributed by atoms with Gasteiger partial charge in [-0.3, -0.25) is 4.79 Å². The molecule has 1 atom stereocenters. The van der Waals surface area contributed by atoms with Crippen LogP contribution >= 0.6 is 23.7 Å². The van der Waals surface area contributed by atoms with Crippen molar-refractivity contribution in [3.05, 3.63) is 22.4 Å². The van der Waals surface area contributed by atoms with E-state index in [1.165, 1.54) is 0 Å². The Labute approximate surface area is 99.7 Å². The number of nitrogens with zero attached hydrogens (tertiary/aromatic N) is 1. The Morgan fingerprint density at radius 2 is 2.47 bits per heavy atom. The number of likely N-dealkylation sites (tertiary alicyclic amines) is 1. The van der Waals surface area contributed by atoms with Crippen molar-refractivity contribution >= 4 is 29.7 Å². The fourth-order valence-corrected chi connectivity index (χ4v) is 2.38. The molecule has 3 nitrogen and oxygen atoms in total. The van der Waals surface area contributed by atoms with E-state index < -0.39 is 0 Å². The molecule has 0 radical (unpaired) electrons. The van der Waals surface area contributed by atoms with Gasteiger partial charge < -0.3 is 10.6 Å². The second-order valence-corrected chi connectivity index (χ2v) is 4.68. The highest BCUT2D eigenvalue weighted by molar-refractivity contribution is 7.10. The fourth-order valence-electron chi connectivity index (χ4n) is 1.69. The van der Waals surface area contributed by atoms with Crippen LogP contribution in [-0.2, 0) is 11.2 Å². The van der Waals surface area contributed by atoms with Crippen LogP contribution in [0.4, 0.5) is 0 Å². The van der Waals surface area contributed by atoms with E-state index in [1.54, 1.807) is 11.3 Å². The molecule has 0 spiro atoms. The van der Waals surface area contributed by atoms with Gasteiger partial charge in [0.05, 0.1) is 6.42 Å². The summed E-state index contributed by atoms with van der Waals surface area (Å²) in [5.41, 5.74) is 5.75. The lowest BCUT2D eigenvalue weighted by atomic mass is 10.3. The van der Waals surface area contributed by atoms with Crippen LogP contribution in [0.3, 0.4) is 0 Å². The maximum Gasteiger partial charge on any atom is 0.227 e. The number of rotatable bonds is 2. The van der Waals surface area contributed by atoms with Gasteiger partial charge in [-0.05, 0) is 17.9 Å². The molecule has 1 amide bonds. The zero-order chi connectivity index (χ0) is 9.97. The van der Waals surface area contributed by atoms with E-state index in [1.807, 2.05) is 22.4 Å². The van der Waals surface area contributed by atoms with Crippen molar-refractivity contribution in [2.45, 2.75) is 18.9 Å². The third-order valence-corrected chi connectivity index (χ3v) is 3.36. The molecule has 0 aliphatic carbocycles. The van der Waals surface area contributed by atoms with E-state index >= 15 is 0 Å². The molecule has 15 heavy (non-hydrogen) atoms. The van der Waals surface area contributed by atoms with Gasteiger partial charge in [-0.1, -0.05) is 6.07 Å². The van der Waals surface area contributed by atoms with Crippen LogP contribution in [0.5, 0.6) is 0 Å². The molecule has 1 aromatic heterocycles. The molecule has 2 N–H and O–H groups in total. The third-order valence-electron chi connectivity index (χ3n) is 2.48. The Hall–Kier alpha value is -0.580. The van der Waals surface area contributed by atoms with E-state index in [0.29, 0.717) is 6.42 Å². The Balaban J connectivity index is 0.00000112. The molecule has 1 aromatic rings. The van der Waals surface area contributed by atoms with Gasteiger partial charge in [0.25, 0.3) is 0 Å². The second kappa shape index (κ2) is 5.49. The summed E-state index contributed by atoms with van der Waals surface area (Å²) < 4.78 is 0. The first-order valence-corrected chi connectivity index (χ1v) is 5.69. The number of amides is 1. The molecule has 1 saturated heterocycles. The average Bonchev–Trinajstić information content (AvgIpc) is 2.75. The molecule has 0 saturated carbocycles. The van der Waals surface area contributed by atoms with Crippen molar-refractivity contribution in [3.63, 3.8) is 0 Å². The van der Waals surface area contributed by atoms with Crippen molar-refractivity contribution < 1.29 is 4.79 Å². The first-order valence-electron chi connectivity index (χ1n) is 4.81. The summed E-state index contributed by atoms with van der Waals surface area (Å²) in [5.74, 6) is 0.209. The highest BCUT2D eigenvalue weighted by Gasteiger charge is 2.23. The predicted molar refractivity (Wildman–Crippen MR) is 64.4 cm³/mol. The van der Waals surface area contributed by atoms with E-state index in [2.05, 4.69) is 0 Å². The minimum Gasteiger partial charge on any atom is -0.341 e. The first kappa shape index (κ1) is 12.5. The summed E-state index contributed by atoms with van der Waals surface area (Å²) >= 11 is 1.63. The lowest BCUT2D eigenvalue weighted by Gasteiger charge is -2.14. The number of hydrogen-bond acceptors (Lipinski definition) is 3. The summed E-state index contributed by atoms with van der Waals surface area (Å²) in [6.45, 7) is 1.55. The fraction of sp³-hybridized carbons (Fsp3) is 0.500. The highest BCUT2D eigenvalue weighted by Crippen LogP contribution is 2.13. The van der Waals surface area contributed by atoms with Crippen LogP contribution in [0, 0.1) is 0 Å². The van der Waals surface area contributed by atoms with Crippen LogP contribution in [0.2, 0.25) is 0 Å². The number of nitrogens with two attached hydrogens (primary N) is 1. The Morgan fingerprint density at radius 1 is 1.67 bits per heavy atom. The van der Waals surface area contributed by atoms with E-state index in [0.717, 1.165) is 24.4 Å². The zero-order valence-corrected chi connectivity index (χ0v) is 10.0. The smallest absolute Gasteiger partial charge is 0.227 e. The quantitative estimate of drug-likeness (QED) is 0.855. The summed E-state index contributed by atoms with van der Waals surface area (Å²) in [6.07, 6.45) is 1.47. The molecule has 0 unspecified atom stereocenters. The van der Waals surface area contributed by atoms with E-state index in [4.69, 9.17) is 5.73 Å². The molecular weight excluding hydrogens is 232 g/mol. The van der Waals surface area contributed by atoms with Gasteiger partial charge in [-0.2, -0.15) is 0 Å². The lowest BCUT2D eigenvalue weighted by molar-refractivity contribution is -0.129. The van der Waals surface area contributed by atoms with Gasteiger partial charge >= 0.3 is 0 Å². The summed E-state index contributed by atoms with van der Waals surface area (Å²) in [7, 11) is 0. The Kier molecular flexibility index (Phi) is 4.57. The zero-order valence-electron chi connectivity index (χ0n) is 8.39. The van der Waals surface area contributed by atoms with E-state index in [9.17, 15) is 4.79 Å². The van der Waals surface area contributed by atoms with Gasteiger partial charge in [0.1, 0.15) is 0 Å². The molecule has 2 rings (SSSR count). The van der Waals surface area contributed by atoms with Crippen molar-refractivity contribution in [2.24, 2.45) is 5.73 Å². The molecule has 5 heteroatoms. The summed E-state index contributed by atoms with van der Waals surface area (Å²) in [6, 6.07) is 4.16. The lowest BCUT2D eigenvalue weighted by Crippen LogP contribution is -2.32. The van der Waals surface area contributed by atoms with E-state index in [-0.39, 0.29) is 24.4 Å². The summed E-state index contributed by atoms with van der Waals surface area (Å²) in [5, 5.41) is 2.00. The number of carbonyl (C=O) groups excluding carboxylic acids is 1. The first-order chi connectivity index (χ1) is 6.75. The normalized spacial score (nSPS) is 20.1. The van der Waals surface area contributed by atoms with Crippen molar-refractivity contribution in [1.29, 1.82) is 0 Å². The number of halogens is 1. The maximum absolute atomic E-state index is 11.7. The number of carbonyl (C=O) groups is 1. The molecular formula is C10H15ClN2OS. The third kappa shape index (κ3) is 3.19. The van der Waals surface area contributed by atoms with Gasteiger partial charge in [0.2, 0.25) is 5.91 Å².